The first kappa shape index (κ1) is 14.1. The SMILES string of the molecule is [CH-]1CC1.[CH-]1CC1.[CH-]1CC1.[CH3-].[V+4]. The van der Waals surface area contributed by atoms with Gasteiger partial charge < -0.3 is 26.7 Å². The summed E-state index contributed by atoms with van der Waals surface area (Å²) in [7, 11) is 0. The summed E-state index contributed by atoms with van der Waals surface area (Å²) < 4.78 is 0. The summed E-state index contributed by atoms with van der Waals surface area (Å²) in [6, 6.07) is 0. The number of hydrogen-bond acceptors (Lipinski definition) is 0. The molecule has 0 spiro atoms. The molecule has 0 aromatic rings. The molecular formula is C10H18V. The Morgan fingerprint density at radius 1 is 0.545 bits per heavy atom. The summed E-state index contributed by atoms with van der Waals surface area (Å²) >= 11 is 0. The van der Waals surface area contributed by atoms with E-state index in [0.29, 0.717) is 0 Å². The van der Waals surface area contributed by atoms with Crippen molar-refractivity contribution >= 4 is 0 Å². The van der Waals surface area contributed by atoms with E-state index in [1.54, 1.807) is 0 Å². The normalized spacial score (nSPS) is 19.6. The van der Waals surface area contributed by atoms with Gasteiger partial charge in [-0.15, -0.1) is 0 Å². The molecule has 1 radical (unpaired) electrons. The third-order valence-corrected chi connectivity index (χ3v) is 0.866. The molecule has 0 N–H and O–H groups in total. The predicted octanol–water partition coefficient (Wildman–Crippen LogP) is 3.40. The first-order valence-corrected chi connectivity index (χ1v) is 3.95. The van der Waals surface area contributed by atoms with Gasteiger partial charge in [0.2, 0.25) is 0 Å². The van der Waals surface area contributed by atoms with Gasteiger partial charge in [0.25, 0.3) is 0 Å². The van der Waals surface area contributed by atoms with Crippen molar-refractivity contribution in [2.45, 2.75) is 38.5 Å². The second-order valence-electron chi connectivity index (χ2n) is 2.60. The van der Waals surface area contributed by atoms with Crippen LogP contribution in [0, 0.1) is 26.7 Å². The molecule has 0 aromatic heterocycles. The van der Waals surface area contributed by atoms with Gasteiger partial charge in [-0.3, -0.25) is 0 Å². The molecule has 0 saturated heterocycles. The van der Waals surface area contributed by atoms with E-state index in [1.807, 2.05) is 0 Å². The van der Waals surface area contributed by atoms with Crippen molar-refractivity contribution < 1.29 is 18.6 Å². The van der Waals surface area contributed by atoms with Crippen molar-refractivity contribution in [3.63, 3.8) is 0 Å². The van der Waals surface area contributed by atoms with E-state index in [1.165, 1.54) is 38.5 Å². The Hall–Kier alpha value is 0.584. The minimum absolute atomic E-state index is 0. The fourth-order valence-electron chi connectivity index (χ4n) is 0. The van der Waals surface area contributed by atoms with Crippen molar-refractivity contribution in [3.8, 4) is 0 Å². The van der Waals surface area contributed by atoms with Crippen LogP contribution in [0.15, 0.2) is 0 Å². The monoisotopic (exact) mass is 189 g/mol. The van der Waals surface area contributed by atoms with Gasteiger partial charge in [0.1, 0.15) is 0 Å². The summed E-state index contributed by atoms with van der Waals surface area (Å²) in [6.45, 7) is 0. The Labute approximate surface area is 84.0 Å². The van der Waals surface area contributed by atoms with Crippen LogP contribution in [-0.2, 0) is 18.6 Å². The van der Waals surface area contributed by atoms with Crippen LogP contribution in [0.3, 0.4) is 0 Å². The Balaban J connectivity index is 0. The smallest absolute Gasteiger partial charge is 0.358 e. The summed E-state index contributed by atoms with van der Waals surface area (Å²) in [5, 5.41) is 0. The van der Waals surface area contributed by atoms with Crippen molar-refractivity contribution in [3.05, 3.63) is 26.7 Å². The van der Waals surface area contributed by atoms with Crippen LogP contribution in [0.4, 0.5) is 0 Å². The standard InChI is InChI=1S/3C3H5.CH3.V/c3*1-2-3-1;;/h3*1H,2-3H2;1H3;/q4*-1;+4. The molecule has 0 atom stereocenters. The van der Waals surface area contributed by atoms with Gasteiger partial charge in [-0.05, 0) is 0 Å². The van der Waals surface area contributed by atoms with Crippen LogP contribution in [-0.4, -0.2) is 0 Å². The molecule has 0 nitrogen and oxygen atoms in total. The van der Waals surface area contributed by atoms with E-state index in [0.717, 1.165) is 0 Å². The molecule has 3 saturated carbocycles. The summed E-state index contributed by atoms with van der Waals surface area (Å²) in [5.41, 5.74) is 0. The van der Waals surface area contributed by atoms with Crippen molar-refractivity contribution in [2.24, 2.45) is 0 Å². The van der Waals surface area contributed by atoms with Crippen LogP contribution in [0.25, 0.3) is 0 Å². The summed E-state index contributed by atoms with van der Waals surface area (Å²) in [5.74, 6) is 0. The Morgan fingerprint density at radius 3 is 0.636 bits per heavy atom. The van der Waals surface area contributed by atoms with Gasteiger partial charge in [-0.2, -0.15) is 0 Å². The van der Waals surface area contributed by atoms with E-state index in [9.17, 15) is 0 Å². The predicted molar refractivity (Wildman–Crippen MR) is 47.0 cm³/mol. The molecule has 11 heavy (non-hydrogen) atoms. The average Bonchev–Trinajstić information content (AvgIpc) is 2.70. The molecule has 3 aliphatic carbocycles. The second kappa shape index (κ2) is 10.6. The topological polar surface area (TPSA) is 0 Å². The molecule has 3 aliphatic rings. The zero-order chi connectivity index (χ0) is 6.36. The molecule has 0 heterocycles. The Bertz CT molecular complexity index is 33.4. The molecule has 0 amide bonds. The molecule has 0 unspecified atom stereocenters. The second-order valence-corrected chi connectivity index (χ2v) is 2.60. The fraction of sp³-hybridized carbons (Fsp3) is 0.600. The third-order valence-electron chi connectivity index (χ3n) is 0.866. The van der Waals surface area contributed by atoms with Crippen LogP contribution in [0.5, 0.6) is 0 Å². The van der Waals surface area contributed by atoms with Crippen LogP contribution in [0.1, 0.15) is 38.5 Å². The van der Waals surface area contributed by atoms with E-state index < -0.39 is 0 Å². The van der Waals surface area contributed by atoms with E-state index in [4.69, 9.17) is 0 Å². The van der Waals surface area contributed by atoms with E-state index in [-0.39, 0.29) is 26.0 Å². The van der Waals surface area contributed by atoms with Crippen molar-refractivity contribution in [2.75, 3.05) is 0 Å². The maximum atomic E-state index is 2.25. The van der Waals surface area contributed by atoms with Gasteiger partial charge in [-0.25, -0.2) is 38.5 Å². The molecule has 63 valence electrons. The molecule has 0 aliphatic heterocycles. The zero-order valence-electron chi connectivity index (χ0n) is 7.42. The van der Waals surface area contributed by atoms with Crippen LogP contribution < -0.4 is 0 Å². The molecule has 1 heteroatoms. The molecule has 3 fully saturated rings. The molecular weight excluding hydrogens is 171 g/mol. The maximum absolute atomic E-state index is 2.25. The van der Waals surface area contributed by atoms with Gasteiger partial charge in [0, 0.05) is 0 Å². The maximum Gasteiger partial charge on any atom is 4.00 e. The average molecular weight is 189 g/mol. The van der Waals surface area contributed by atoms with Gasteiger partial charge >= 0.3 is 18.6 Å². The Kier molecular flexibility index (Phi) is 13.6. The summed E-state index contributed by atoms with van der Waals surface area (Å²) in [6.07, 6.45) is 15.0. The quantitative estimate of drug-likeness (QED) is 0.512. The van der Waals surface area contributed by atoms with Gasteiger partial charge in [0.05, 0.1) is 0 Å². The molecule has 3 rings (SSSR count). The fourth-order valence-corrected chi connectivity index (χ4v) is 0. The first-order chi connectivity index (χ1) is 4.50. The minimum atomic E-state index is 0. The first-order valence-electron chi connectivity index (χ1n) is 3.95. The number of rotatable bonds is 0. The molecule has 0 aromatic carbocycles. The third kappa shape index (κ3) is 60.7. The summed E-state index contributed by atoms with van der Waals surface area (Å²) in [4.78, 5) is 0. The van der Waals surface area contributed by atoms with Crippen LogP contribution >= 0.6 is 0 Å². The Morgan fingerprint density at radius 2 is 0.636 bits per heavy atom. The van der Waals surface area contributed by atoms with Gasteiger partial charge in [0.15, 0.2) is 0 Å². The van der Waals surface area contributed by atoms with Crippen molar-refractivity contribution in [1.82, 2.24) is 0 Å². The molecule has 0 bridgehead atoms. The van der Waals surface area contributed by atoms with E-state index >= 15 is 0 Å². The zero-order valence-corrected chi connectivity index (χ0v) is 8.82. The largest absolute Gasteiger partial charge is 4.00 e. The number of hydrogen-bond donors (Lipinski definition) is 0. The minimum Gasteiger partial charge on any atom is -0.358 e. The van der Waals surface area contributed by atoms with Crippen LogP contribution in [0.2, 0.25) is 0 Å². The van der Waals surface area contributed by atoms with Gasteiger partial charge in [-0.1, -0.05) is 0 Å². The van der Waals surface area contributed by atoms with E-state index in [2.05, 4.69) is 19.3 Å². The van der Waals surface area contributed by atoms with Crippen molar-refractivity contribution in [1.29, 1.82) is 0 Å².